The Bertz CT molecular complexity index is 516. The summed E-state index contributed by atoms with van der Waals surface area (Å²) >= 11 is 7.67. The first-order valence-electron chi connectivity index (χ1n) is 5.10. The molecular formula is C10H13ClN4OS. The van der Waals surface area contributed by atoms with E-state index in [9.17, 15) is 0 Å². The number of aromatic nitrogens is 4. The first-order chi connectivity index (χ1) is 8.31. The molecule has 7 heteroatoms. The molecule has 0 amide bonds. The third-order valence-electron chi connectivity index (χ3n) is 2.41. The summed E-state index contributed by atoms with van der Waals surface area (Å²) in [5.74, 6) is 2.63. The molecule has 0 N–H and O–H groups in total. The molecule has 0 saturated heterocycles. The molecule has 2 aromatic heterocycles. The van der Waals surface area contributed by atoms with Crippen molar-refractivity contribution in [2.24, 2.45) is 0 Å². The Labute approximate surface area is 109 Å². The van der Waals surface area contributed by atoms with Gasteiger partial charge in [0.25, 0.3) is 0 Å². The number of halogens is 1. The molecule has 17 heavy (non-hydrogen) atoms. The summed E-state index contributed by atoms with van der Waals surface area (Å²) in [6.45, 7) is 0.833. The predicted octanol–water partition coefficient (Wildman–Crippen LogP) is 1.94. The highest BCUT2D eigenvalue weighted by Crippen LogP contribution is 2.22. The second-order valence-corrected chi connectivity index (χ2v) is 4.61. The van der Waals surface area contributed by atoms with Crippen LogP contribution >= 0.6 is 23.4 Å². The Balaban J connectivity index is 2.55. The summed E-state index contributed by atoms with van der Waals surface area (Å²) < 4.78 is 7.19. The van der Waals surface area contributed by atoms with Gasteiger partial charge in [-0.25, -0.2) is 9.97 Å². The summed E-state index contributed by atoms with van der Waals surface area (Å²) in [6.07, 6.45) is 3.55. The highest BCUT2D eigenvalue weighted by molar-refractivity contribution is 7.98. The highest BCUT2D eigenvalue weighted by Gasteiger charge is 2.15. The van der Waals surface area contributed by atoms with Gasteiger partial charge in [0.05, 0.1) is 13.0 Å². The number of rotatable bonds is 5. The number of thioether (sulfide) groups is 1. The fourth-order valence-electron chi connectivity index (χ4n) is 1.63. The van der Waals surface area contributed by atoms with Crippen molar-refractivity contribution in [1.82, 2.24) is 19.5 Å². The van der Waals surface area contributed by atoms with E-state index in [2.05, 4.69) is 21.2 Å². The smallest absolute Gasteiger partial charge is 0.245 e. The number of hydrogen-bond donors (Lipinski definition) is 0. The van der Waals surface area contributed by atoms with Crippen molar-refractivity contribution in [2.45, 2.75) is 12.4 Å². The molecule has 92 valence electrons. The molecule has 0 atom stereocenters. The van der Waals surface area contributed by atoms with Gasteiger partial charge >= 0.3 is 0 Å². The number of aryl methyl sites for hydroxylation is 1. The average Bonchev–Trinajstić information content (AvgIpc) is 2.73. The van der Waals surface area contributed by atoms with Crippen molar-refractivity contribution < 1.29 is 4.74 Å². The van der Waals surface area contributed by atoms with E-state index in [0.717, 1.165) is 23.8 Å². The maximum atomic E-state index is 5.90. The maximum Gasteiger partial charge on any atom is 0.245 e. The SMILES string of the molecule is COc1ncnc2c1nc(CCl)n2CCSC. The number of alkyl halides is 1. The van der Waals surface area contributed by atoms with Gasteiger partial charge in [0.2, 0.25) is 5.88 Å². The molecular weight excluding hydrogens is 260 g/mol. The molecule has 0 unspecified atom stereocenters. The van der Waals surface area contributed by atoms with Crippen LogP contribution < -0.4 is 4.74 Å². The lowest BCUT2D eigenvalue weighted by atomic mass is 10.5. The summed E-state index contributed by atoms with van der Waals surface area (Å²) in [4.78, 5) is 12.7. The monoisotopic (exact) mass is 272 g/mol. The lowest BCUT2D eigenvalue weighted by molar-refractivity contribution is 0.401. The zero-order valence-corrected chi connectivity index (χ0v) is 11.3. The molecule has 0 saturated carbocycles. The molecule has 2 aromatic rings. The minimum Gasteiger partial charge on any atom is -0.479 e. The summed E-state index contributed by atoms with van der Waals surface area (Å²) in [5.41, 5.74) is 1.45. The Hall–Kier alpha value is -1.01. The zero-order valence-electron chi connectivity index (χ0n) is 9.68. The van der Waals surface area contributed by atoms with Gasteiger partial charge < -0.3 is 9.30 Å². The van der Waals surface area contributed by atoms with Crippen LogP contribution in [0.3, 0.4) is 0 Å². The molecule has 5 nitrogen and oxygen atoms in total. The third-order valence-corrected chi connectivity index (χ3v) is 3.24. The molecule has 0 aromatic carbocycles. The Morgan fingerprint density at radius 3 is 2.94 bits per heavy atom. The molecule has 0 spiro atoms. The summed E-state index contributed by atoms with van der Waals surface area (Å²) in [7, 11) is 1.57. The molecule has 0 radical (unpaired) electrons. The number of hydrogen-bond acceptors (Lipinski definition) is 5. The van der Waals surface area contributed by atoms with Crippen molar-refractivity contribution in [3.8, 4) is 5.88 Å². The Kier molecular flexibility index (Phi) is 4.06. The van der Waals surface area contributed by atoms with E-state index in [-0.39, 0.29) is 0 Å². The maximum absolute atomic E-state index is 5.90. The lowest BCUT2D eigenvalue weighted by Crippen LogP contribution is -2.05. The van der Waals surface area contributed by atoms with Crippen LogP contribution in [0.2, 0.25) is 0 Å². The van der Waals surface area contributed by atoms with Gasteiger partial charge in [-0.1, -0.05) is 0 Å². The van der Waals surface area contributed by atoms with Crippen LogP contribution in [0.25, 0.3) is 11.2 Å². The second kappa shape index (κ2) is 5.55. The normalized spacial score (nSPS) is 11.0. The molecule has 0 aliphatic rings. The zero-order chi connectivity index (χ0) is 12.3. The average molecular weight is 273 g/mol. The number of methoxy groups -OCH3 is 1. The van der Waals surface area contributed by atoms with Crippen LogP contribution in [-0.4, -0.2) is 38.6 Å². The summed E-state index contributed by atoms with van der Waals surface area (Å²) in [6, 6.07) is 0. The number of imidazole rings is 1. The fourth-order valence-corrected chi connectivity index (χ4v) is 2.20. The van der Waals surface area contributed by atoms with Gasteiger partial charge in [-0.2, -0.15) is 16.7 Å². The molecule has 2 rings (SSSR count). The topological polar surface area (TPSA) is 52.8 Å². The molecule has 2 heterocycles. The van der Waals surface area contributed by atoms with Crippen LogP contribution in [0.4, 0.5) is 0 Å². The highest BCUT2D eigenvalue weighted by atomic mass is 35.5. The van der Waals surface area contributed by atoms with Crippen LogP contribution in [0.5, 0.6) is 5.88 Å². The van der Waals surface area contributed by atoms with Crippen LogP contribution in [0, 0.1) is 0 Å². The minimum absolute atomic E-state index is 0.355. The van der Waals surface area contributed by atoms with Crippen molar-refractivity contribution in [1.29, 1.82) is 0 Å². The van der Waals surface area contributed by atoms with Crippen molar-refractivity contribution >= 4 is 34.5 Å². The van der Waals surface area contributed by atoms with Crippen molar-refractivity contribution in [2.75, 3.05) is 19.1 Å². The first kappa shape index (κ1) is 12.4. The van der Waals surface area contributed by atoms with E-state index in [1.165, 1.54) is 6.33 Å². The van der Waals surface area contributed by atoms with Gasteiger partial charge in [0.15, 0.2) is 11.2 Å². The van der Waals surface area contributed by atoms with Crippen molar-refractivity contribution in [3.05, 3.63) is 12.2 Å². The van der Waals surface area contributed by atoms with Crippen LogP contribution in [0.1, 0.15) is 5.82 Å². The summed E-state index contributed by atoms with van der Waals surface area (Å²) in [5, 5.41) is 0. The van der Waals surface area contributed by atoms with E-state index in [1.54, 1.807) is 18.9 Å². The van der Waals surface area contributed by atoms with Crippen LogP contribution in [0.15, 0.2) is 6.33 Å². The van der Waals surface area contributed by atoms with E-state index in [1.807, 2.05) is 4.57 Å². The van der Waals surface area contributed by atoms with E-state index in [4.69, 9.17) is 16.3 Å². The Morgan fingerprint density at radius 1 is 1.47 bits per heavy atom. The quantitative estimate of drug-likeness (QED) is 0.779. The fraction of sp³-hybridized carbons (Fsp3) is 0.500. The second-order valence-electron chi connectivity index (χ2n) is 3.36. The third kappa shape index (κ3) is 2.32. The standard InChI is InChI=1S/C10H13ClN4OS/c1-16-10-8-9(12-6-13-10)15(3-4-17-2)7(5-11)14-8/h6H,3-5H2,1-2H3. The Morgan fingerprint density at radius 2 is 2.29 bits per heavy atom. The molecule has 0 aliphatic heterocycles. The molecule has 0 bridgehead atoms. The van der Waals surface area contributed by atoms with Gasteiger partial charge in [-0.3, -0.25) is 0 Å². The molecule has 0 fully saturated rings. The molecule has 0 aliphatic carbocycles. The first-order valence-corrected chi connectivity index (χ1v) is 7.03. The van der Waals surface area contributed by atoms with E-state index >= 15 is 0 Å². The van der Waals surface area contributed by atoms with Gasteiger partial charge in [-0.15, -0.1) is 11.6 Å². The van der Waals surface area contributed by atoms with Gasteiger partial charge in [0, 0.05) is 12.3 Å². The van der Waals surface area contributed by atoms with Gasteiger partial charge in [-0.05, 0) is 6.26 Å². The van der Waals surface area contributed by atoms with E-state index in [0.29, 0.717) is 17.3 Å². The number of fused-ring (bicyclic) bond motifs is 1. The number of ether oxygens (including phenoxy) is 1. The number of nitrogens with zero attached hydrogens (tertiary/aromatic N) is 4. The van der Waals surface area contributed by atoms with Gasteiger partial charge in [0.1, 0.15) is 12.2 Å². The van der Waals surface area contributed by atoms with Crippen LogP contribution in [-0.2, 0) is 12.4 Å². The minimum atomic E-state index is 0.355. The van der Waals surface area contributed by atoms with E-state index < -0.39 is 0 Å². The largest absolute Gasteiger partial charge is 0.479 e. The lowest BCUT2D eigenvalue weighted by Gasteiger charge is -2.05. The van der Waals surface area contributed by atoms with Crippen molar-refractivity contribution in [3.63, 3.8) is 0 Å². The predicted molar refractivity (Wildman–Crippen MR) is 69.8 cm³/mol.